The molecule has 3 nitrogen and oxygen atoms in total. The van der Waals surface area contributed by atoms with E-state index in [4.69, 9.17) is 0 Å². The van der Waals surface area contributed by atoms with Crippen LogP contribution in [0.4, 0.5) is 34.1 Å². The number of benzene rings is 9. The number of para-hydroxylation sites is 3. The number of hydrogen-bond donors (Lipinski definition) is 0. The Hall–Kier alpha value is -7.75. The van der Waals surface area contributed by atoms with Gasteiger partial charge in [-0.3, -0.25) is 4.79 Å². The number of ketones is 1. The number of nitrogens with zero attached hydrogens (tertiary/aromatic N) is 2. The third-order valence-corrected chi connectivity index (χ3v) is 12.1. The average Bonchev–Trinajstić information content (AvgIpc) is 3.33. The second-order valence-electron chi connectivity index (χ2n) is 16.2. The van der Waals surface area contributed by atoms with Crippen LogP contribution in [0.3, 0.4) is 0 Å². The highest BCUT2D eigenvalue weighted by Crippen LogP contribution is 2.52. The Labute approximate surface area is 358 Å². The van der Waals surface area contributed by atoms with E-state index in [9.17, 15) is 4.79 Å². The summed E-state index contributed by atoms with van der Waals surface area (Å²) in [5.74, 6) is 0.0337. The van der Waals surface area contributed by atoms with E-state index in [0.29, 0.717) is 11.1 Å². The number of fused-ring (bicyclic) bond motifs is 2. The molecule has 1 aliphatic rings. The van der Waals surface area contributed by atoms with Crippen LogP contribution >= 0.6 is 0 Å². The van der Waals surface area contributed by atoms with Gasteiger partial charge in [-0.05, 0) is 111 Å². The van der Waals surface area contributed by atoms with Crippen LogP contribution in [-0.4, -0.2) is 5.78 Å². The van der Waals surface area contributed by atoms with Crippen LogP contribution in [0.15, 0.2) is 231 Å². The van der Waals surface area contributed by atoms with E-state index < -0.39 is 0 Å². The highest BCUT2D eigenvalue weighted by Gasteiger charge is 2.37. The Balaban J connectivity index is 0.912. The molecule has 1 heterocycles. The fourth-order valence-electron chi connectivity index (χ4n) is 8.79. The van der Waals surface area contributed by atoms with Crippen molar-refractivity contribution >= 4 is 39.9 Å². The van der Waals surface area contributed by atoms with Gasteiger partial charge in [0, 0.05) is 39.3 Å². The molecule has 0 N–H and O–H groups in total. The molecule has 292 valence electrons. The second kappa shape index (κ2) is 15.8. The predicted molar refractivity (Wildman–Crippen MR) is 254 cm³/mol. The molecule has 0 bridgehead atoms. The second-order valence-corrected chi connectivity index (χ2v) is 16.2. The monoisotopic (exact) mass is 784 g/mol. The molecule has 0 aromatic heterocycles. The van der Waals surface area contributed by atoms with Crippen LogP contribution < -0.4 is 9.80 Å². The summed E-state index contributed by atoms with van der Waals surface area (Å²) in [6.45, 7) is 4.69. The Morgan fingerprint density at radius 1 is 0.377 bits per heavy atom. The van der Waals surface area contributed by atoms with Crippen molar-refractivity contribution in [1.82, 2.24) is 0 Å². The Bertz CT molecular complexity index is 2960. The maximum atomic E-state index is 12.9. The van der Waals surface area contributed by atoms with E-state index in [1.165, 1.54) is 33.6 Å². The molecule has 3 heteroatoms. The quantitative estimate of drug-likeness (QED) is 0.136. The summed E-state index contributed by atoms with van der Waals surface area (Å²) >= 11 is 0. The van der Waals surface area contributed by atoms with Gasteiger partial charge in [0.25, 0.3) is 0 Å². The van der Waals surface area contributed by atoms with E-state index >= 15 is 0 Å². The smallest absolute Gasteiger partial charge is 0.193 e. The number of anilines is 6. The highest BCUT2D eigenvalue weighted by atomic mass is 16.1. The van der Waals surface area contributed by atoms with Gasteiger partial charge in [-0.1, -0.05) is 178 Å². The van der Waals surface area contributed by atoms with Crippen molar-refractivity contribution in [1.29, 1.82) is 0 Å². The topological polar surface area (TPSA) is 23.6 Å². The van der Waals surface area contributed by atoms with E-state index in [0.717, 1.165) is 45.0 Å². The first-order chi connectivity index (χ1) is 29.9. The molecule has 10 rings (SSSR count). The first kappa shape index (κ1) is 37.5. The van der Waals surface area contributed by atoms with Crippen LogP contribution in [0, 0.1) is 0 Å². The summed E-state index contributed by atoms with van der Waals surface area (Å²) in [4.78, 5) is 17.6. The number of carbonyl (C=O) groups is 1. The van der Waals surface area contributed by atoms with Crippen molar-refractivity contribution in [3.8, 4) is 33.4 Å². The lowest BCUT2D eigenvalue weighted by molar-refractivity contribution is 0.103. The average molecular weight is 785 g/mol. The van der Waals surface area contributed by atoms with Crippen molar-refractivity contribution in [2.75, 3.05) is 9.80 Å². The molecule has 0 saturated carbocycles. The van der Waals surface area contributed by atoms with Crippen molar-refractivity contribution in [3.05, 3.63) is 253 Å². The van der Waals surface area contributed by atoms with Crippen LogP contribution in [0.5, 0.6) is 0 Å². The minimum Gasteiger partial charge on any atom is -0.311 e. The van der Waals surface area contributed by atoms with Gasteiger partial charge in [0.2, 0.25) is 0 Å². The van der Waals surface area contributed by atoms with Crippen molar-refractivity contribution < 1.29 is 4.79 Å². The zero-order valence-corrected chi connectivity index (χ0v) is 34.2. The van der Waals surface area contributed by atoms with E-state index in [2.05, 4.69) is 200 Å². The first-order valence-corrected chi connectivity index (χ1v) is 20.9. The molecule has 0 saturated heterocycles. The molecule has 9 aromatic rings. The van der Waals surface area contributed by atoms with Crippen molar-refractivity contribution in [3.63, 3.8) is 0 Å². The third-order valence-electron chi connectivity index (χ3n) is 12.1. The minimum atomic E-state index is -0.177. The molecule has 0 amide bonds. The van der Waals surface area contributed by atoms with E-state index in [1.54, 1.807) is 0 Å². The molecule has 0 unspecified atom stereocenters. The molecule has 0 aliphatic carbocycles. The first-order valence-electron chi connectivity index (χ1n) is 20.9. The zero-order valence-electron chi connectivity index (χ0n) is 34.2. The van der Waals surface area contributed by atoms with Crippen molar-refractivity contribution in [2.24, 2.45) is 0 Å². The largest absolute Gasteiger partial charge is 0.311 e. The maximum absolute atomic E-state index is 12.9. The fourth-order valence-corrected chi connectivity index (χ4v) is 8.79. The van der Waals surface area contributed by atoms with E-state index in [1.807, 2.05) is 54.6 Å². The maximum Gasteiger partial charge on any atom is 0.193 e. The lowest BCUT2D eigenvalue weighted by atomic mass is 9.73. The van der Waals surface area contributed by atoms with Gasteiger partial charge in [0.15, 0.2) is 5.78 Å². The van der Waals surface area contributed by atoms with Gasteiger partial charge in [-0.15, -0.1) is 0 Å². The normalized spacial score (nSPS) is 12.6. The van der Waals surface area contributed by atoms with Crippen LogP contribution in [0.25, 0.3) is 33.4 Å². The summed E-state index contributed by atoms with van der Waals surface area (Å²) in [6.07, 6.45) is 0. The van der Waals surface area contributed by atoms with Gasteiger partial charge >= 0.3 is 0 Å². The Kier molecular flexibility index (Phi) is 9.71. The molecule has 9 aromatic carbocycles. The van der Waals surface area contributed by atoms with E-state index in [-0.39, 0.29) is 11.2 Å². The fraction of sp³-hybridized carbons (Fsp3) is 0.0517. The van der Waals surface area contributed by atoms with Gasteiger partial charge in [0.05, 0.1) is 11.4 Å². The molecule has 0 spiro atoms. The van der Waals surface area contributed by atoms with Crippen LogP contribution in [-0.2, 0) is 5.41 Å². The molecule has 1 aliphatic heterocycles. The summed E-state index contributed by atoms with van der Waals surface area (Å²) in [7, 11) is 0. The zero-order chi connectivity index (χ0) is 41.3. The summed E-state index contributed by atoms with van der Waals surface area (Å²) < 4.78 is 0. The highest BCUT2D eigenvalue weighted by molar-refractivity contribution is 6.09. The number of carbonyl (C=O) groups excluding carboxylic acids is 1. The molecule has 0 radical (unpaired) electrons. The summed E-state index contributed by atoms with van der Waals surface area (Å²) in [6, 6.07) is 80.7. The van der Waals surface area contributed by atoms with Gasteiger partial charge in [-0.2, -0.15) is 0 Å². The Morgan fingerprint density at radius 2 is 0.770 bits per heavy atom. The standard InChI is InChI=1S/C58H44N2O/c1-58(2)53-20-12-13-21-55(53)60(50-18-10-5-11-19-50)56-39-34-48(40-54(56)58)45-32-37-52(38-33-45)59(49-16-8-4-9-17-49)51-35-30-44(31-36-51)42-24-22-41(23-25-42)43-26-28-47(29-27-43)57(61)46-14-6-3-7-15-46/h3-40H,1-2H3. The van der Waals surface area contributed by atoms with Crippen molar-refractivity contribution in [2.45, 2.75) is 19.3 Å². The Morgan fingerprint density at radius 3 is 1.34 bits per heavy atom. The van der Waals surface area contributed by atoms with Crippen LogP contribution in [0.2, 0.25) is 0 Å². The molecular weight excluding hydrogens is 741 g/mol. The minimum absolute atomic E-state index is 0.0337. The summed E-state index contributed by atoms with van der Waals surface area (Å²) in [5, 5.41) is 0. The molecule has 0 atom stereocenters. The van der Waals surface area contributed by atoms with Crippen LogP contribution in [0.1, 0.15) is 40.9 Å². The number of rotatable bonds is 9. The molecular formula is C58H44N2O. The lowest BCUT2D eigenvalue weighted by Gasteiger charge is -2.42. The van der Waals surface area contributed by atoms with Gasteiger partial charge in [0.1, 0.15) is 0 Å². The van der Waals surface area contributed by atoms with Gasteiger partial charge in [-0.25, -0.2) is 0 Å². The lowest BCUT2D eigenvalue weighted by Crippen LogP contribution is -2.30. The third kappa shape index (κ3) is 7.11. The summed E-state index contributed by atoms with van der Waals surface area (Å²) in [5.41, 5.74) is 17.6. The van der Waals surface area contributed by atoms with Gasteiger partial charge < -0.3 is 9.80 Å². The SMILES string of the molecule is CC1(C)c2ccccc2N(c2ccccc2)c2ccc(-c3ccc(N(c4ccccc4)c4ccc(-c5ccc(-c6ccc(C(=O)c7ccccc7)cc6)cc5)cc4)cc3)cc21. The molecule has 0 fully saturated rings. The number of hydrogen-bond acceptors (Lipinski definition) is 3. The predicted octanol–water partition coefficient (Wildman–Crippen LogP) is 15.5. The molecule has 61 heavy (non-hydrogen) atoms.